The molecular weight excluding hydrogens is 391 g/mol. The van der Waals surface area contributed by atoms with Gasteiger partial charge in [-0.2, -0.15) is 5.26 Å². The van der Waals surface area contributed by atoms with Crippen molar-refractivity contribution in [3.8, 4) is 17.2 Å². The molecule has 2 saturated heterocycles. The fourth-order valence-electron chi connectivity index (χ4n) is 4.70. The molecular formula is C25H21FN4O. The Hall–Kier alpha value is -3.69. The van der Waals surface area contributed by atoms with Gasteiger partial charge in [0.25, 0.3) is 0 Å². The van der Waals surface area contributed by atoms with Crippen LogP contribution >= 0.6 is 0 Å². The molecule has 3 atom stereocenters. The molecule has 2 bridgehead atoms. The predicted octanol–water partition coefficient (Wildman–Crippen LogP) is 4.34. The lowest BCUT2D eigenvalue weighted by molar-refractivity contribution is 0.00199. The molecule has 0 aromatic heterocycles. The van der Waals surface area contributed by atoms with Gasteiger partial charge < -0.3 is 15.5 Å². The van der Waals surface area contributed by atoms with Gasteiger partial charge in [0.2, 0.25) is 0 Å². The van der Waals surface area contributed by atoms with Gasteiger partial charge in [0.1, 0.15) is 5.82 Å². The fourth-order valence-corrected chi connectivity index (χ4v) is 4.70. The summed E-state index contributed by atoms with van der Waals surface area (Å²) in [6.45, 7) is 1.42. The van der Waals surface area contributed by atoms with Crippen molar-refractivity contribution in [1.82, 2.24) is 10.2 Å². The number of nitrogens with one attached hydrogen (secondary N) is 2. The quantitative estimate of drug-likeness (QED) is 0.673. The number of hydrogen-bond donors (Lipinski definition) is 2. The molecule has 5 nitrogen and oxygen atoms in total. The number of piperazine rings is 1. The van der Waals surface area contributed by atoms with E-state index in [9.17, 15) is 9.18 Å². The summed E-state index contributed by atoms with van der Waals surface area (Å²) < 4.78 is 13.9. The van der Waals surface area contributed by atoms with E-state index in [0.29, 0.717) is 18.7 Å². The van der Waals surface area contributed by atoms with Gasteiger partial charge in [-0.05, 0) is 41.0 Å². The van der Waals surface area contributed by atoms with E-state index in [1.54, 1.807) is 18.2 Å². The SMILES string of the molecule is N#Cc1ccc(-c2ccc(C3[C@H]4CNC[C@@H]3N4C(=O)Nc3ccccc3F)cc2)cc1. The van der Waals surface area contributed by atoms with Crippen molar-refractivity contribution >= 4 is 11.7 Å². The maximum Gasteiger partial charge on any atom is 0.322 e. The topological polar surface area (TPSA) is 68.2 Å². The van der Waals surface area contributed by atoms with Crippen molar-refractivity contribution < 1.29 is 9.18 Å². The monoisotopic (exact) mass is 412 g/mol. The van der Waals surface area contributed by atoms with E-state index < -0.39 is 5.82 Å². The van der Waals surface area contributed by atoms with E-state index in [4.69, 9.17) is 5.26 Å². The second-order valence-corrected chi connectivity index (χ2v) is 7.95. The second kappa shape index (κ2) is 7.86. The summed E-state index contributed by atoms with van der Waals surface area (Å²) in [6, 6.07) is 24.1. The molecule has 2 aliphatic heterocycles. The number of nitrogens with zero attached hydrogens (tertiary/aromatic N) is 2. The van der Waals surface area contributed by atoms with Gasteiger partial charge in [-0.3, -0.25) is 0 Å². The summed E-state index contributed by atoms with van der Waals surface area (Å²) in [7, 11) is 0. The van der Waals surface area contributed by atoms with Crippen LogP contribution in [0.25, 0.3) is 11.1 Å². The Balaban J connectivity index is 1.32. The third-order valence-electron chi connectivity index (χ3n) is 6.24. The average Bonchev–Trinajstić information content (AvgIpc) is 2.81. The first-order valence-corrected chi connectivity index (χ1v) is 10.3. The van der Waals surface area contributed by atoms with Gasteiger partial charge in [-0.15, -0.1) is 0 Å². The van der Waals surface area contributed by atoms with E-state index in [1.807, 2.05) is 29.2 Å². The second-order valence-electron chi connectivity index (χ2n) is 7.95. The van der Waals surface area contributed by atoms with Crippen LogP contribution in [0.5, 0.6) is 0 Å². The molecule has 3 aromatic carbocycles. The molecule has 5 rings (SSSR count). The molecule has 2 N–H and O–H groups in total. The number of anilines is 1. The zero-order chi connectivity index (χ0) is 21.4. The van der Waals surface area contributed by atoms with Crippen molar-refractivity contribution in [3.63, 3.8) is 0 Å². The zero-order valence-corrected chi connectivity index (χ0v) is 16.8. The number of carbonyl (C=O) groups excluding carboxylic acids is 1. The highest BCUT2D eigenvalue weighted by molar-refractivity contribution is 5.91. The van der Waals surface area contributed by atoms with Crippen LogP contribution in [0.15, 0.2) is 72.8 Å². The molecule has 2 fully saturated rings. The number of likely N-dealkylation sites (tertiary alicyclic amines) is 1. The number of halogens is 1. The Morgan fingerprint density at radius 2 is 1.58 bits per heavy atom. The number of piperidine rings is 1. The number of benzene rings is 3. The first-order valence-electron chi connectivity index (χ1n) is 10.3. The van der Waals surface area contributed by atoms with E-state index in [-0.39, 0.29) is 29.7 Å². The standard InChI is InChI=1S/C25H21FN4O/c26-20-3-1-2-4-21(20)29-25(31)30-22-14-28-15-23(30)24(22)19-11-9-18(10-12-19)17-7-5-16(13-27)6-8-17/h1-12,22-24,28H,14-15H2,(H,29,31)/t22-,23+,24?. The molecule has 2 amide bonds. The summed E-state index contributed by atoms with van der Waals surface area (Å²) in [5, 5.41) is 15.0. The number of carbonyl (C=O) groups is 1. The largest absolute Gasteiger partial charge is 0.322 e. The van der Waals surface area contributed by atoms with Gasteiger partial charge in [0.05, 0.1) is 29.4 Å². The zero-order valence-electron chi connectivity index (χ0n) is 16.8. The number of fused-ring (bicyclic) bond motifs is 2. The summed E-state index contributed by atoms with van der Waals surface area (Å²) >= 11 is 0. The number of hydrogen-bond acceptors (Lipinski definition) is 3. The molecule has 0 aliphatic carbocycles. The van der Waals surface area contributed by atoms with Crippen LogP contribution in [0.4, 0.5) is 14.9 Å². The van der Waals surface area contributed by atoms with Crippen molar-refractivity contribution in [3.05, 3.63) is 89.7 Å². The van der Waals surface area contributed by atoms with Crippen LogP contribution in [-0.2, 0) is 0 Å². The molecule has 6 heteroatoms. The Bertz CT molecular complexity index is 1140. The highest BCUT2D eigenvalue weighted by Gasteiger charge is 2.53. The average molecular weight is 412 g/mol. The highest BCUT2D eigenvalue weighted by Crippen LogP contribution is 2.43. The lowest BCUT2D eigenvalue weighted by atomic mass is 9.72. The molecule has 154 valence electrons. The van der Waals surface area contributed by atoms with Crippen LogP contribution < -0.4 is 10.6 Å². The predicted molar refractivity (Wildman–Crippen MR) is 117 cm³/mol. The summed E-state index contributed by atoms with van der Waals surface area (Å²) in [5.41, 5.74) is 4.19. The lowest BCUT2D eigenvalue weighted by Gasteiger charge is -2.59. The highest BCUT2D eigenvalue weighted by atomic mass is 19.1. The van der Waals surface area contributed by atoms with Crippen LogP contribution in [0.2, 0.25) is 0 Å². The smallest absolute Gasteiger partial charge is 0.315 e. The van der Waals surface area contributed by atoms with Crippen molar-refractivity contribution in [2.24, 2.45) is 0 Å². The minimum atomic E-state index is -0.436. The number of amides is 2. The Kier molecular flexibility index (Phi) is 4.89. The van der Waals surface area contributed by atoms with E-state index >= 15 is 0 Å². The van der Waals surface area contributed by atoms with Crippen LogP contribution in [-0.4, -0.2) is 36.1 Å². The van der Waals surface area contributed by atoms with Gasteiger partial charge in [0.15, 0.2) is 0 Å². The molecule has 0 radical (unpaired) electrons. The van der Waals surface area contributed by atoms with Crippen LogP contribution in [0.3, 0.4) is 0 Å². The first-order chi connectivity index (χ1) is 15.2. The minimum Gasteiger partial charge on any atom is -0.315 e. The van der Waals surface area contributed by atoms with E-state index in [2.05, 4.69) is 41.0 Å². The van der Waals surface area contributed by atoms with E-state index in [0.717, 1.165) is 11.1 Å². The Morgan fingerprint density at radius 3 is 2.19 bits per heavy atom. The normalized spacial score (nSPS) is 21.7. The van der Waals surface area contributed by atoms with Crippen LogP contribution in [0, 0.1) is 17.1 Å². The number of para-hydroxylation sites is 1. The summed E-state index contributed by atoms with van der Waals surface area (Å²) in [5.74, 6) is -0.183. The lowest BCUT2D eigenvalue weighted by Crippen LogP contribution is -2.74. The van der Waals surface area contributed by atoms with Crippen LogP contribution in [0.1, 0.15) is 17.0 Å². The van der Waals surface area contributed by atoms with Gasteiger partial charge in [0, 0.05) is 19.0 Å². The molecule has 2 heterocycles. The maximum atomic E-state index is 13.9. The summed E-state index contributed by atoms with van der Waals surface area (Å²) in [6.07, 6.45) is 0. The molecule has 0 saturated carbocycles. The summed E-state index contributed by atoms with van der Waals surface area (Å²) in [4.78, 5) is 14.7. The third kappa shape index (κ3) is 3.43. The van der Waals surface area contributed by atoms with Crippen molar-refractivity contribution in [1.29, 1.82) is 5.26 Å². The maximum absolute atomic E-state index is 13.9. The van der Waals surface area contributed by atoms with Gasteiger partial charge in [-0.25, -0.2) is 9.18 Å². The molecule has 3 aromatic rings. The van der Waals surface area contributed by atoms with Crippen molar-refractivity contribution in [2.75, 3.05) is 18.4 Å². The van der Waals surface area contributed by atoms with E-state index in [1.165, 1.54) is 11.6 Å². The minimum absolute atomic E-state index is 0.0336. The number of nitriles is 1. The first kappa shape index (κ1) is 19.3. The Labute approximate surface area is 180 Å². The molecule has 0 spiro atoms. The number of rotatable bonds is 3. The molecule has 31 heavy (non-hydrogen) atoms. The Morgan fingerprint density at radius 1 is 0.968 bits per heavy atom. The number of urea groups is 1. The van der Waals surface area contributed by atoms with Gasteiger partial charge in [-0.1, -0.05) is 48.5 Å². The molecule has 2 aliphatic rings. The fraction of sp³-hybridized carbons (Fsp3) is 0.200. The molecule has 1 unspecified atom stereocenters. The third-order valence-corrected chi connectivity index (χ3v) is 6.24. The van der Waals surface area contributed by atoms with Crippen molar-refractivity contribution in [2.45, 2.75) is 18.0 Å². The van der Waals surface area contributed by atoms with Gasteiger partial charge >= 0.3 is 6.03 Å².